The predicted octanol–water partition coefficient (Wildman–Crippen LogP) is 2.33. The van der Waals surface area contributed by atoms with E-state index in [9.17, 15) is 9.59 Å². The average Bonchev–Trinajstić information content (AvgIpc) is 2.91. The molecular weight excluding hydrogens is 411 g/mol. The molecule has 2 N–H and O–H groups in total. The summed E-state index contributed by atoms with van der Waals surface area (Å²) < 4.78 is 11.5. The molecule has 23 heavy (non-hydrogen) atoms. The van der Waals surface area contributed by atoms with E-state index < -0.39 is 11.0 Å². The van der Waals surface area contributed by atoms with Gasteiger partial charge in [-0.3, -0.25) is 9.59 Å². The van der Waals surface area contributed by atoms with Gasteiger partial charge in [0.1, 0.15) is 5.60 Å². The Morgan fingerprint density at radius 3 is 2.57 bits per heavy atom. The van der Waals surface area contributed by atoms with E-state index in [2.05, 4.69) is 10.6 Å². The number of carbonyl (C=O) groups is 2. The van der Waals surface area contributed by atoms with Crippen LogP contribution < -0.4 is 10.6 Å². The second kappa shape index (κ2) is 7.21. The number of amides is 1. The van der Waals surface area contributed by atoms with E-state index in [-0.39, 0.29) is 11.9 Å². The van der Waals surface area contributed by atoms with E-state index in [1.807, 2.05) is 43.4 Å². The monoisotopic (exact) mass is 434 g/mol. The summed E-state index contributed by atoms with van der Waals surface area (Å²) in [7, 11) is 0. The fraction of sp³-hybridized carbons (Fsp3) is 0.625. The zero-order valence-corrected chi connectivity index (χ0v) is 15.9. The summed E-state index contributed by atoms with van der Waals surface area (Å²) in [6.45, 7) is 7.31. The van der Waals surface area contributed by atoms with Crippen molar-refractivity contribution in [3.8, 4) is 0 Å². The highest BCUT2D eigenvalue weighted by Gasteiger charge is 2.39. The van der Waals surface area contributed by atoms with Crippen LogP contribution in [0.4, 0.5) is 0 Å². The summed E-state index contributed by atoms with van der Waals surface area (Å²) in [5.41, 5.74) is -0.723. The Labute approximate surface area is 149 Å². The van der Waals surface area contributed by atoms with Gasteiger partial charge in [-0.25, -0.2) is 0 Å². The number of hydrogen-bond donors (Lipinski definition) is 2. The van der Waals surface area contributed by atoms with Crippen LogP contribution in [0.1, 0.15) is 44.0 Å². The standard InChI is InChI=1S/C16H23IN2O4/c1-15(2,3)14(21)23-16(5-7-18-8-6-16)10-19-13(20)11-4-9-22-12(11)17/h4,9,18H,5-8,10H2,1-3H3,(H,19,20). The first-order valence-corrected chi connectivity index (χ1v) is 8.77. The van der Waals surface area contributed by atoms with Gasteiger partial charge in [-0.15, -0.1) is 0 Å². The Morgan fingerprint density at radius 2 is 2.04 bits per heavy atom. The van der Waals surface area contributed by atoms with E-state index in [4.69, 9.17) is 9.15 Å². The van der Waals surface area contributed by atoms with Crippen molar-refractivity contribution in [1.82, 2.24) is 10.6 Å². The Morgan fingerprint density at radius 1 is 1.39 bits per heavy atom. The molecule has 7 heteroatoms. The molecule has 0 atom stereocenters. The zero-order valence-electron chi connectivity index (χ0n) is 13.7. The predicted molar refractivity (Wildman–Crippen MR) is 94.1 cm³/mol. The van der Waals surface area contributed by atoms with E-state index in [1.54, 1.807) is 6.07 Å². The molecule has 128 valence electrons. The van der Waals surface area contributed by atoms with E-state index in [0.717, 1.165) is 13.1 Å². The molecule has 2 heterocycles. The van der Waals surface area contributed by atoms with Crippen molar-refractivity contribution < 1.29 is 18.7 Å². The van der Waals surface area contributed by atoms with Crippen molar-refractivity contribution in [2.75, 3.05) is 19.6 Å². The Bertz CT molecular complexity index is 571. The molecule has 0 saturated carbocycles. The molecule has 1 saturated heterocycles. The largest absolute Gasteiger partial charge is 0.458 e. The van der Waals surface area contributed by atoms with E-state index in [0.29, 0.717) is 28.7 Å². The highest BCUT2D eigenvalue weighted by Crippen LogP contribution is 2.27. The van der Waals surface area contributed by atoms with Gasteiger partial charge in [0.25, 0.3) is 5.91 Å². The zero-order chi connectivity index (χ0) is 17.1. The fourth-order valence-electron chi connectivity index (χ4n) is 2.34. The van der Waals surface area contributed by atoms with Gasteiger partial charge in [0.15, 0.2) is 3.77 Å². The molecule has 1 amide bonds. The maximum atomic E-state index is 12.3. The summed E-state index contributed by atoms with van der Waals surface area (Å²) in [5.74, 6) is -0.459. The molecule has 0 radical (unpaired) electrons. The molecule has 2 rings (SSSR count). The van der Waals surface area contributed by atoms with Crippen LogP contribution in [-0.4, -0.2) is 37.1 Å². The third-order valence-electron chi connectivity index (χ3n) is 3.87. The van der Waals surface area contributed by atoms with E-state index in [1.165, 1.54) is 6.26 Å². The molecule has 1 aromatic rings. The first-order chi connectivity index (χ1) is 10.7. The lowest BCUT2D eigenvalue weighted by molar-refractivity contribution is -0.171. The maximum absolute atomic E-state index is 12.3. The Kier molecular flexibility index (Phi) is 5.72. The van der Waals surface area contributed by atoms with E-state index >= 15 is 0 Å². The minimum absolute atomic E-state index is 0.215. The van der Waals surface area contributed by atoms with Gasteiger partial charge in [-0.2, -0.15) is 0 Å². The van der Waals surface area contributed by atoms with Crippen LogP contribution in [-0.2, 0) is 9.53 Å². The normalized spacial score (nSPS) is 17.6. The summed E-state index contributed by atoms with van der Waals surface area (Å²) >= 11 is 1.98. The highest BCUT2D eigenvalue weighted by molar-refractivity contribution is 14.1. The first-order valence-electron chi connectivity index (χ1n) is 7.69. The van der Waals surface area contributed by atoms with Gasteiger partial charge in [-0.05, 0) is 39.9 Å². The number of ether oxygens (including phenoxy) is 1. The topological polar surface area (TPSA) is 80.6 Å². The number of rotatable bonds is 4. The number of furan rings is 1. The van der Waals surface area contributed by atoms with Crippen molar-refractivity contribution in [1.29, 1.82) is 0 Å². The lowest BCUT2D eigenvalue weighted by atomic mass is 9.90. The lowest BCUT2D eigenvalue weighted by Crippen LogP contribution is -2.53. The molecule has 6 nitrogen and oxygen atoms in total. The van der Waals surface area contributed by atoms with Gasteiger partial charge >= 0.3 is 5.97 Å². The molecule has 0 unspecified atom stereocenters. The molecule has 0 spiro atoms. The summed E-state index contributed by atoms with van der Waals surface area (Å²) in [4.78, 5) is 24.6. The van der Waals surface area contributed by atoms with Crippen molar-refractivity contribution >= 4 is 34.5 Å². The number of piperidine rings is 1. The number of hydrogen-bond acceptors (Lipinski definition) is 5. The van der Waals surface area contributed by atoms with Gasteiger partial charge in [0, 0.05) is 35.4 Å². The molecule has 1 aromatic heterocycles. The van der Waals surface area contributed by atoms with Crippen LogP contribution in [0.15, 0.2) is 16.7 Å². The van der Waals surface area contributed by atoms with Crippen LogP contribution >= 0.6 is 22.6 Å². The second-order valence-electron chi connectivity index (χ2n) is 6.86. The third kappa shape index (κ3) is 4.69. The van der Waals surface area contributed by atoms with Crippen LogP contribution in [0.3, 0.4) is 0 Å². The summed E-state index contributed by atoms with van der Waals surface area (Å²) in [6, 6.07) is 1.63. The number of carbonyl (C=O) groups excluding carboxylic acids is 2. The fourth-order valence-corrected chi connectivity index (χ4v) is 2.91. The maximum Gasteiger partial charge on any atom is 0.311 e. The van der Waals surface area contributed by atoms with Gasteiger partial charge in [0.2, 0.25) is 0 Å². The minimum Gasteiger partial charge on any atom is -0.458 e. The molecule has 1 aliphatic heterocycles. The second-order valence-corrected chi connectivity index (χ2v) is 7.84. The van der Waals surface area contributed by atoms with Crippen molar-refractivity contribution in [3.63, 3.8) is 0 Å². The van der Waals surface area contributed by atoms with Crippen LogP contribution in [0.5, 0.6) is 0 Å². The first kappa shape index (κ1) is 18.3. The van der Waals surface area contributed by atoms with Crippen LogP contribution in [0.25, 0.3) is 0 Å². The quantitative estimate of drug-likeness (QED) is 0.562. The number of esters is 1. The molecule has 1 fully saturated rings. The van der Waals surface area contributed by atoms with Gasteiger partial charge in [-0.1, -0.05) is 0 Å². The summed E-state index contributed by atoms with van der Waals surface area (Å²) in [6.07, 6.45) is 2.84. The molecule has 0 aliphatic carbocycles. The van der Waals surface area contributed by atoms with Crippen molar-refractivity contribution in [2.24, 2.45) is 5.41 Å². The SMILES string of the molecule is CC(C)(C)C(=O)OC1(CNC(=O)c2ccoc2I)CCNCC1. The third-order valence-corrected chi connectivity index (χ3v) is 4.71. The average molecular weight is 434 g/mol. The van der Waals surface area contributed by atoms with Gasteiger partial charge in [0.05, 0.1) is 23.8 Å². The number of nitrogens with one attached hydrogen (secondary N) is 2. The summed E-state index contributed by atoms with van der Waals surface area (Å²) in [5, 5.41) is 6.14. The number of halogens is 1. The molecule has 1 aliphatic rings. The van der Waals surface area contributed by atoms with Crippen molar-refractivity contribution in [2.45, 2.75) is 39.2 Å². The highest BCUT2D eigenvalue weighted by atomic mass is 127. The molecular formula is C16H23IN2O4. The van der Waals surface area contributed by atoms with Crippen LogP contribution in [0.2, 0.25) is 0 Å². The molecule has 0 aromatic carbocycles. The lowest BCUT2D eigenvalue weighted by Gasteiger charge is -2.38. The van der Waals surface area contributed by atoms with Crippen molar-refractivity contribution in [3.05, 3.63) is 21.7 Å². The van der Waals surface area contributed by atoms with Gasteiger partial charge < -0.3 is 19.8 Å². The molecule has 0 bridgehead atoms. The Hall–Kier alpha value is -1.09. The smallest absolute Gasteiger partial charge is 0.311 e. The van der Waals surface area contributed by atoms with Crippen LogP contribution in [0, 0.1) is 9.18 Å². The minimum atomic E-state index is -0.652. The Balaban J connectivity index is 2.05.